The summed E-state index contributed by atoms with van der Waals surface area (Å²) < 4.78 is 15.5. The number of nitrogens with zero attached hydrogens (tertiary/aromatic N) is 2. The highest BCUT2D eigenvalue weighted by Crippen LogP contribution is 2.18. The third-order valence-electron chi connectivity index (χ3n) is 1.21. The highest BCUT2D eigenvalue weighted by molar-refractivity contribution is 14.1. The fraction of sp³-hybridized carbons (Fsp3) is 0.571. The van der Waals surface area contributed by atoms with Crippen LogP contribution in [0.25, 0.3) is 0 Å². The van der Waals surface area contributed by atoms with Crippen molar-refractivity contribution < 1.29 is 4.39 Å². The van der Waals surface area contributed by atoms with Gasteiger partial charge in [0.1, 0.15) is 5.67 Å². The van der Waals surface area contributed by atoms with E-state index in [4.69, 9.17) is 11.6 Å². The molecule has 0 atom stereocenters. The summed E-state index contributed by atoms with van der Waals surface area (Å²) in [6, 6.07) is 0. The van der Waals surface area contributed by atoms with E-state index in [2.05, 4.69) is 27.7 Å². The third kappa shape index (κ3) is 2.90. The molecule has 0 bridgehead atoms. The van der Waals surface area contributed by atoms with Crippen molar-refractivity contribution in [2.45, 2.75) is 26.1 Å². The molecular weight excluding hydrogens is 293 g/mol. The molecule has 5 heteroatoms. The molecule has 0 aliphatic carbocycles. The van der Waals surface area contributed by atoms with E-state index in [9.17, 15) is 4.39 Å². The minimum atomic E-state index is -1.25. The first kappa shape index (κ1) is 10.2. The van der Waals surface area contributed by atoms with Gasteiger partial charge in [-0.15, -0.1) is 0 Å². The van der Waals surface area contributed by atoms with Crippen molar-refractivity contribution in [3.8, 4) is 0 Å². The molecule has 68 valence electrons. The van der Waals surface area contributed by atoms with Crippen LogP contribution >= 0.6 is 34.2 Å². The summed E-state index contributed by atoms with van der Waals surface area (Å²) >= 11 is 7.76. The number of alkyl halides is 1. The summed E-state index contributed by atoms with van der Waals surface area (Å²) in [6.45, 7) is 3.25. The second-order valence-electron chi connectivity index (χ2n) is 3.18. The fourth-order valence-corrected chi connectivity index (χ4v) is 1.42. The van der Waals surface area contributed by atoms with E-state index >= 15 is 0 Å². The molecule has 0 unspecified atom stereocenters. The molecule has 0 saturated carbocycles. The lowest BCUT2D eigenvalue weighted by Crippen LogP contribution is -2.21. The average Bonchev–Trinajstić information content (AvgIpc) is 2.07. The maximum atomic E-state index is 13.1. The lowest BCUT2D eigenvalue weighted by atomic mass is 10.2. The Morgan fingerprint density at radius 1 is 1.75 bits per heavy atom. The van der Waals surface area contributed by atoms with E-state index in [-0.39, 0.29) is 6.54 Å². The molecule has 0 fully saturated rings. The summed E-state index contributed by atoms with van der Waals surface area (Å²) in [5.74, 6) is 0. The minimum Gasteiger partial charge on any atom is -0.267 e. The van der Waals surface area contributed by atoms with Gasteiger partial charge >= 0.3 is 0 Å². The number of halogens is 3. The molecule has 0 aliphatic heterocycles. The van der Waals surface area contributed by atoms with E-state index in [0.29, 0.717) is 5.15 Å². The van der Waals surface area contributed by atoms with Gasteiger partial charge in [0.05, 0.1) is 10.1 Å². The average molecular weight is 303 g/mol. The topological polar surface area (TPSA) is 17.8 Å². The molecule has 0 aromatic carbocycles. The van der Waals surface area contributed by atoms with Gasteiger partial charge < -0.3 is 0 Å². The molecule has 0 aliphatic rings. The van der Waals surface area contributed by atoms with Crippen LogP contribution in [0.5, 0.6) is 0 Å². The molecule has 0 N–H and O–H groups in total. The van der Waals surface area contributed by atoms with Crippen LogP contribution in [0.1, 0.15) is 13.8 Å². The normalized spacial score (nSPS) is 12.1. The Kier molecular flexibility index (Phi) is 2.98. The molecule has 1 rings (SSSR count). The van der Waals surface area contributed by atoms with E-state index in [1.54, 1.807) is 6.20 Å². The zero-order valence-electron chi connectivity index (χ0n) is 6.81. The van der Waals surface area contributed by atoms with Crippen LogP contribution in [0.2, 0.25) is 5.15 Å². The Bertz CT molecular complexity index is 260. The van der Waals surface area contributed by atoms with Crippen molar-refractivity contribution in [3.63, 3.8) is 0 Å². The van der Waals surface area contributed by atoms with Crippen molar-refractivity contribution in [2.24, 2.45) is 0 Å². The zero-order valence-corrected chi connectivity index (χ0v) is 9.73. The Morgan fingerprint density at radius 2 is 2.33 bits per heavy atom. The quantitative estimate of drug-likeness (QED) is 0.768. The summed E-state index contributed by atoms with van der Waals surface area (Å²) in [4.78, 5) is 0. The molecule has 12 heavy (non-hydrogen) atoms. The second-order valence-corrected chi connectivity index (χ2v) is 4.70. The van der Waals surface area contributed by atoms with Gasteiger partial charge in [0.2, 0.25) is 0 Å². The standard InChI is InChI=1S/C7H9ClFIN2/c1-7(2,9)4-12-3-5(10)6(8)11-12/h3H,4H2,1-2H3. The Hall–Kier alpha value is 0.160. The number of rotatable bonds is 2. The highest BCUT2D eigenvalue weighted by Gasteiger charge is 2.17. The van der Waals surface area contributed by atoms with Crippen LogP contribution in [0.4, 0.5) is 4.39 Å². The molecular formula is C7H9ClFIN2. The van der Waals surface area contributed by atoms with Crippen LogP contribution in [0.15, 0.2) is 6.20 Å². The lowest BCUT2D eigenvalue weighted by molar-refractivity contribution is 0.179. The smallest absolute Gasteiger partial charge is 0.164 e. The van der Waals surface area contributed by atoms with Crippen molar-refractivity contribution in [3.05, 3.63) is 14.9 Å². The first-order valence-electron chi connectivity index (χ1n) is 3.46. The van der Waals surface area contributed by atoms with E-state index in [0.717, 1.165) is 3.57 Å². The van der Waals surface area contributed by atoms with Gasteiger partial charge in [-0.1, -0.05) is 11.6 Å². The molecule has 0 spiro atoms. The molecule has 1 heterocycles. The maximum Gasteiger partial charge on any atom is 0.164 e. The number of hydrogen-bond acceptors (Lipinski definition) is 1. The summed E-state index contributed by atoms with van der Waals surface area (Å²) in [5.41, 5.74) is -1.25. The van der Waals surface area contributed by atoms with Crippen molar-refractivity contribution >= 4 is 34.2 Å². The minimum absolute atomic E-state index is 0.232. The summed E-state index contributed by atoms with van der Waals surface area (Å²) in [6.07, 6.45) is 1.73. The van der Waals surface area contributed by atoms with Gasteiger partial charge in [-0.05, 0) is 36.4 Å². The predicted octanol–water partition coefficient (Wildman–Crippen LogP) is 2.89. The van der Waals surface area contributed by atoms with Gasteiger partial charge in [-0.25, -0.2) is 4.39 Å². The Balaban J connectivity index is 2.77. The van der Waals surface area contributed by atoms with Gasteiger partial charge in [0.25, 0.3) is 0 Å². The van der Waals surface area contributed by atoms with Gasteiger partial charge in [-0.2, -0.15) is 5.10 Å². The van der Waals surface area contributed by atoms with Crippen LogP contribution < -0.4 is 0 Å². The fourth-order valence-electron chi connectivity index (χ4n) is 0.840. The van der Waals surface area contributed by atoms with Crippen molar-refractivity contribution in [1.29, 1.82) is 0 Å². The number of hydrogen-bond donors (Lipinski definition) is 0. The van der Waals surface area contributed by atoms with Gasteiger partial charge in [0, 0.05) is 6.20 Å². The maximum absolute atomic E-state index is 13.1. The van der Waals surface area contributed by atoms with E-state index in [1.807, 2.05) is 0 Å². The monoisotopic (exact) mass is 302 g/mol. The predicted molar refractivity (Wildman–Crippen MR) is 55.1 cm³/mol. The number of aromatic nitrogens is 2. The first-order chi connectivity index (χ1) is 5.38. The molecule has 0 saturated heterocycles. The van der Waals surface area contributed by atoms with Crippen LogP contribution in [0, 0.1) is 3.57 Å². The molecule has 1 aromatic heterocycles. The molecule has 1 aromatic rings. The Labute approximate surface area is 89.2 Å². The second kappa shape index (κ2) is 3.49. The van der Waals surface area contributed by atoms with Crippen molar-refractivity contribution in [2.75, 3.05) is 0 Å². The molecule has 0 radical (unpaired) electrons. The summed E-state index contributed by atoms with van der Waals surface area (Å²) in [7, 11) is 0. The van der Waals surface area contributed by atoms with E-state index < -0.39 is 5.67 Å². The third-order valence-corrected chi connectivity index (χ3v) is 2.60. The SMILES string of the molecule is CC(C)(F)Cn1cc(I)c(Cl)n1. The van der Waals surface area contributed by atoms with Crippen LogP contribution in [-0.2, 0) is 6.54 Å². The van der Waals surface area contributed by atoms with Gasteiger partial charge in [-0.3, -0.25) is 4.68 Å². The van der Waals surface area contributed by atoms with Gasteiger partial charge in [0.15, 0.2) is 5.15 Å². The zero-order chi connectivity index (χ0) is 9.35. The van der Waals surface area contributed by atoms with E-state index in [1.165, 1.54) is 18.5 Å². The van der Waals surface area contributed by atoms with Crippen LogP contribution in [-0.4, -0.2) is 15.4 Å². The molecule has 2 nitrogen and oxygen atoms in total. The Morgan fingerprint density at radius 3 is 2.67 bits per heavy atom. The summed E-state index contributed by atoms with van der Waals surface area (Å²) in [5, 5.41) is 4.36. The highest BCUT2D eigenvalue weighted by atomic mass is 127. The molecule has 0 amide bonds. The largest absolute Gasteiger partial charge is 0.267 e. The van der Waals surface area contributed by atoms with Crippen LogP contribution in [0.3, 0.4) is 0 Å². The lowest BCUT2D eigenvalue weighted by Gasteiger charge is -2.12. The first-order valence-corrected chi connectivity index (χ1v) is 4.91. The van der Waals surface area contributed by atoms with Crippen molar-refractivity contribution in [1.82, 2.24) is 9.78 Å².